The second-order valence-electron chi connectivity index (χ2n) is 15.9. The van der Waals surface area contributed by atoms with Crippen molar-refractivity contribution < 1.29 is 45.9 Å². The quantitative estimate of drug-likeness (QED) is 0.106. The molecule has 2 aliphatic carbocycles. The molecular weight excluding hydrogens is 808 g/mol. The highest BCUT2D eigenvalue weighted by Crippen LogP contribution is 2.33. The summed E-state index contributed by atoms with van der Waals surface area (Å²) in [5.74, 6) is -1.59. The lowest BCUT2D eigenvalue weighted by Gasteiger charge is -2.39. The number of hydrogen-bond donors (Lipinski definition) is 6. The summed E-state index contributed by atoms with van der Waals surface area (Å²) in [5.41, 5.74) is 2.15. The molecular formula is C41H51F5N10O5. The van der Waals surface area contributed by atoms with Gasteiger partial charge in [-0.1, -0.05) is 0 Å². The molecule has 8 amide bonds. The molecule has 4 heterocycles. The zero-order chi connectivity index (χ0) is 43.4. The Morgan fingerprint density at radius 1 is 0.705 bits per heavy atom. The van der Waals surface area contributed by atoms with Crippen molar-refractivity contribution in [3.8, 4) is 5.75 Å². The Balaban J connectivity index is 0.000000185. The summed E-state index contributed by atoms with van der Waals surface area (Å²) in [6.45, 7) is 2.76. The monoisotopic (exact) mass is 858 g/mol. The molecule has 15 nitrogen and oxygen atoms in total. The van der Waals surface area contributed by atoms with Gasteiger partial charge in [-0.15, -0.1) is 13.2 Å². The van der Waals surface area contributed by atoms with Gasteiger partial charge in [-0.3, -0.25) is 0 Å². The van der Waals surface area contributed by atoms with Crippen LogP contribution in [-0.4, -0.2) is 124 Å². The standard InChI is InChI=1S/C21H26F3N5O3.C20H25F2N5O2/c1-25-19(30)28-8-2-3-16(12-28)29(15-4-5-15)20(31)26-11-14-9-13-10-17(32-21(22,23)24)6-7-18(13)27-14;1-23-19(28)26-6-2-3-16(11-26)27(15-4-5-15)20(29)24-10-14-8-12-7-13(21)9-17(22)18(12)25-14/h6-7,9-10,15-16,27H,2-5,8,11-12H2,1H3,(H,25,30)(H,26,31);7-9,15-16,25H,2-6,10-11H2,1H3,(H,23,28)(H,24,29)/t2*16-/m11/s1. The van der Waals surface area contributed by atoms with Gasteiger partial charge in [0, 0.05) is 86.1 Å². The van der Waals surface area contributed by atoms with Gasteiger partial charge in [0.1, 0.15) is 17.4 Å². The van der Waals surface area contributed by atoms with Gasteiger partial charge in [0.05, 0.1) is 30.7 Å². The molecule has 0 unspecified atom stereocenters. The van der Waals surface area contributed by atoms with Gasteiger partial charge >= 0.3 is 30.5 Å². The molecule has 0 radical (unpaired) electrons. The number of amides is 8. The van der Waals surface area contributed by atoms with E-state index in [4.69, 9.17) is 0 Å². The Morgan fingerprint density at radius 2 is 1.23 bits per heavy atom. The van der Waals surface area contributed by atoms with E-state index in [0.29, 0.717) is 53.9 Å². The third-order valence-corrected chi connectivity index (χ3v) is 11.4. The van der Waals surface area contributed by atoms with E-state index in [9.17, 15) is 41.1 Å². The number of fused-ring (bicyclic) bond motifs is 2. The van der Waals surface area contributed by atoms with Gasteiger partial charge in [-0.25, -0.2) is 28.0 Å². The highest BCUT2D eigenvalue weighted by molar-refractivity contribution is 5.83. The number of alkyl halides is 3. The van der Waals surface area contributed by atoms with Gasteiger partial charge in [0.15, 0.2) is 0 Å². The first-order valence-electron chi connectivity index (χ1n) is 20.6. The van der Waals surface area contributed by atoms with E-state index in [0.717, 1.165) is 57.4 Å². The largest absolute Gasteiger partial charge is 0.573 e. The zero-order valence-corrected chi connectivity index (χ0v) is 34.0. The highest BCUT2D eigenvalue weighted by Gasteiger charge is 2.41. The van der Waals surface area contributed by atoms with Crippen LogP contribution in [0.25, 0.3) is 21.8 Å². The summed E-state index contributed by atoms with van der Waals surface area (Å²) in [6, 6.07) is 9.10. The van der Waals surface area contributed by atoms with E-state index in [1.807, 2.05) is 9.80 Å². The molecule has 2 saturated carbocycles. The Hall–Kier alpha value is -5.95. The number of halogens is 5. The number of benzene rings is 2. The fourth-order valence-corrected chi connectivity index (χ4v) is 8.32. The van der Waals surface area contributed by atoms with E-state index < -0.39 is 18.0 Å². The first-order valence-corrected chi connectivity index (χ1v) is 20.6. The smallest absolute Gasteiger partial charge is 0.406 e. The summed E-state index contributed by atoms with van der Waals surface area (Å²) in [4.78, 5) is 63.1. The number of nitrogens with zero attached hydrogens (tertiary/aromatic N) is 4. The lowest BCUT2D eigenvalue weighted by Crippen LogP contribution is -2.56. The zero-order valence-electron chi connectivity index (χ0n) is 34.0. The van der Waals surface area contributed by atoms with Crippen molar-refractivity contribution in [1.82, 2.24) is 50.8 Å². The van der Waals surface area contributed by atoms with Crippen molar-refractivity contribution in [3.63, 3.8) is 0 Å². The van der Waals surface area contributed by atoms with Crippen LogP contribution in [0.15, 0.2) is 42.5 Å². The van der Waals surface area contributed by atoms with Crippen molar-refractivity contribution >= 4 is 45.9 Å². The number of aromatic amines is 2. The molecule has 20 heteroatoms. The molecule has 6 N–H and O–H groups in total. The minimum absolute atomic E-state index is 0.0252. The van der Waals surface area contributed by atoms with Gasteiger partial charge in [-0.2, -0.15) is 0 Å². The Kier molecular flexibility index (Phi) is 13.0. The number of nitrogens with one attached hydrogen (secondary N) is 6. The Morgan fingerprint density at radius 3 is 1.74 bits per heavy atom. The van der Waals surface area contributed by atoms with Crippen LogP contribution in [0.4, 0.5) is 41.1 Å². The van der Waals surface area contributed by atoms with E-state index in [1.54, 1.807) is 36.0 Å². The van der Waals surface area contributed by atoms with Crippen molar-refractivity contribution in [2.75, 3.05) is 40.3 Å². The number of ether oxygens (including phenoxy) is 1. The predicted molar refractivity (Wildman–Crippen MR) is 215 cm³/mol. The highest BCUT2D eigenvalue weighted by atomic mass is 19.4. The summed E-state index contributed by atoms with van der Waals surface area (Å²) in [6.07, 6.45) is 2.43. The summed E-state index contributed by atoms with van der Waals surface area (Å²) < 4.78 is 68.5. The molecule has 2 aromatic heterocycles. The van der Waals surface area contributed by atoms with Crippen molar-refractivity contribution in [3.05, 3.63) is 65.5 Å². The molecule has 2 atom stereocenters. The van der Waals surface area contributed by atoms with Crippen LogP contribution in [-0.2, 0) is 13.1 Å². The van der Waals surface area contributed by atoms with Crippen LogP contribution in [0, 0.1) is 11.6 Å². The molecule has 2 saturated heterocycles. The maximum Gasteiger partial charge on any atom is 0.573 e. The SMILES string of the molecule is CNC(=O)N1CCC[C@@H](N(C(=O)NCc2cc3cc(F)cc(F)c3[nH]2)C2CC2)C1.CNC(=O)N1CCC[C@@H](N(C(=O)NCc2cc3cc(OC(F)(F)F)ccc3[nH]2)C2CC2)C1. The van der Waals surface area contributed by atoms with Crippen LogP contribution in [0.3, 0.4) is 0 Å². The number of carbonyl (C=O) groups is 4. The number of urea groups is 4. The van der Waals surface area contributed by atoms with Gasteiger partial charge in [0.25, 0.3) is 0 Å². The average Bonchev–Trinajstić information content (AvgIpc) is 4.17. The maximum atomic E-state index is 13.9. The number of carbonyl (C=O) groups excluding carboxylic acids is 4. The molecule has 4 fully saturated rings. The number of likely N-dealkylation sites (tertiary alicyclic amines) is 2. The molecule has 2 aromatic carbocycles. The Labute approximate surface area is 348 Å². The predicted octanol–water partition coefficient (Wildman–Crippen LogP) is 6.47. The third-order valence-electron chi connectivity index (χ3n) is 11.4. The molecule has 0 spiro atoms. The van der Waals surface area contributed by atoms with Gasteiger partial charge < -0.3 is 55.6 Å². The van der Waals surface area contributed by atoms with E-state index >= 15 is 0 Å². The van der Waals surface area contributed by atoms with Crippen LogP contribution in [0.2, 0.25) is 0 Å². The topological polar surface area (TPSA) is 170 Å². The van der Waals surface area contributed by atoms with Crippen LogP contribution < -0.4 is 26.0 Å². The van der Waals surface area contributed by atoms with Crippen molar-refractivity contribution in [2.45, 2.75) is 95.0 Å². The summed E-state index contributed by atoms with van der Waals surface area (Å²) in [5, 5.41) is 12.1. The lowest BCUT2D eigenvalue weighted by atomic mass is 10.0. The number of aromatic nitrogens is 2. The summed E-state index contributed by atoms with van der Waals surface area (Å²) >= 11 is 0. The Bertz CT molecular complexity index is 2220. The van der Waals surface area contributed by atoms with Gasteiger partial charge in [0.2, 0.25) is 0 Å². The van der Waals surface area contributed by atoms with Crippen LogP contribution in [0.1, 0.15) is 62.8 Å². The van der Waals surface area contributed by atoms with Crippen LogP contribution >= 0.6 is 0 Å². The van der Waals surface area contributed by atoms with E-state index in [1.165, 1.54) is 24.3 Å². The first kappa shape index (κ1) is 43.1. The van der Waals surface area contributed by atoms with Gasteiger partial charge in [-0.05, 0) is 87.8 Å². The fourth-order valence-electron chi connectivity index (χ4n) is 8.32. The number of rotatable bonds is 9. The summed E-state index contributed by atoms with van der Waals surface area (Å²) in [7, 11) is 3.20. The second-order valence-corrected chi connectivity index (χ2v) is 15.9. The van der Waals surface area contributed by atoms with E-state index in [2.05, 4.69) is 36.0 Å². The number of H-pyrrole nitrogens is 2. The maximum absolute atomic E-state index is 13.9. The molecule has 61 heavy (non-hydrogen) atoms. The van der Waals surface area contributed by atoms with Crippen LogP contribution in [0.5, 0.6) is 5.75 Å². The fraction of sp³-hybridized carbons (Fsp3) is 0.512. The molecule has 330 valence electrons. The number of hydrogen-bond acceptors (Lipinski definition) is 5. The first-order chi connectivity index (χ1) is 29.2. The molecule has 4 aromatic rings. The normalized spacial score (nSPS) is 19.1. The van der Waals surface area contributed by atoms with Crippen molar-refractivity contribution in [2.24, 2.45) is 0 Å². The minimum atomic E-state index is -4.75. The average molecular weight is 859 g/mol. The second kappa shape index (κ2) is 18.3. The molecule has 4 aliphatic rings. The molecule has 8 rings (SSSR count). The van der Waals surface area contributed by atoms with Crippen molar-refractivity contribution in [1.29, 1.82) is 0 Å². The third kappa shape index (κ3) is 10.9. The number of piperidine rings is 2. The lowest BCUT2D eigenvalue weighted by molar-refractivity contribution is -0.274. The molecule has 0 bridgehead atoms. The van der Waals surface area contributed by atoms with E-state index in [-0.39, 0.29) is 72.6 Å². The minimum Gasteiger partial charge on any atom is -0.406 e. The molecule has 2 aliphatic heterocycles.